The Balaban J connectivity index is 1.56. The molecule has 2 heterocycles. The number of hydrogen-bond acceptors (Lipinski definition) is 4. The monoisotopic (exact) mass is 338 g/mol. The average Bonchev–Trinajstić information content (AvgIpc) is 2.57. The third-order valence-corrected chi connectivity index (χ3v) is 6.64. The number of hydrogen-bond donors (Lipinski definition) is 0. The van der Waals surface area contributed by atoms with Crippen molar-refractivity contribution < 1.29 is 13.2 Å². The lowest BCUT2D eigenvalue weighted by Gasteiger charge is -2.36. The molecule has 0 bridgehead atoms. The fourth-order valence-corrected chi connectivity index (χ4v) is 4.67. The van der Waals surface area contributed by atoms with Crippen LogP contribution in [0.5, 0.6) is 0 Å². The highest BCUT2D eigenvalue weighted by Crippen LogP contribution is 2.19. The van der Waals surface area contributed by atoms with Crippen molar-refractivity contribution in [2.75, 3.05) is 39.3 Å². The van der Waals surface area contributed by atoms with E-state index < -0.39 is 10.0 Å². The minimum atomic E-state index is -3.36. The second kappa shape index (κ2) is 7.30. The highest BCUT2D eigenvalue weighted by Gasteiger charge is 2.29. The quantitative estimate of drug-likeness (QED) is 0.841. The molecule has 2 aliphatic rings. The van der Waals surface area contributed by atoms with Crippen molar-refractivity contribution in [3.8, 4) is 0 Å². The van der Waals surface area contributed by atoms with Crippen LogP contribution >= 0.6 is 0 Å². The predicted octanol–water partition coefficient (Wildman–Crippen LogP) is 1.87. The fraction of sp³-hybridized carbons (Fsp3) is 0.647. The van der Waals surface area contributed by atoms with E-state index in [9.17, 15) is 8.42 Å². The molecule has 0 unspecified atom stereocenters. The summed E-state index contributed by atoms with van der Waals surface area (Å²) in [5.74, 6) is 0. The van der Waals surface area contributed by atoms with Gasteiger partial charge in [0.2, 0.25) is 10.0 Å². The van der Waals surface area contributed by atoms with Gasteiger partial charge in [-0.3, -0.25) is 4.90 Å². The Morgan fingerprint density at radius 2 is 1.78 bits per heavy atom. The molecule has 23 heavy (non-hydrogen) atoms. The Kier molecular flexibility index (Phi) is 5.36. The SMILES string of the molecule is Cc1ccc(S(=O)(=O)N2CCN(C[C@H]3CCCCO3)CC2)cc1. The Morgan fingerprint density at radius 3 is 2.39 bits per heavy atom. The molecule has 0 aliphatic carbocycles. The van der Waals surface area contributed by atoms with Gasteiger partial charge in [-0.05, 0) is 38.3 Å². The molecule has 2 fully saturated rings. The van der Waals surface area contributed by atoms with Crippen molar-refractivity contribution in [2.24, 2.45) is 0 Å². The van der Waals surface area contributed by atoms with Crippen molar-refractivity contribution in [3.05, 3.63) is 29.8 Å². The van der Waals surface area contributed by atoms with E-state index in [0.717, 1.165) is 38.2 Å². The van der Waals surface area contributed by atoms with Gasteiger partial charge >= 0.3 is 0 Å². The summed E-state index contributed by atoms with van der Waals surface area (Å²) in [4.78, 5) is 2.73. The summed E-state index contributed by atoms with van der Waals surface area (Å²) in [5.41, 5.74) is 1.07. The highest BCUT2D eigenvalue weighted by atomic mass is 32.2. The molecule has 0 aromatic heterocycles. The summed E-state index contributed by atoms with van der Waals surface area (Å²) >= 11 is 0. The van der Waals surface area contributed by atoms with Crippen molar-refractivity contribution >= 4 is 10.0 Å². The summed E-state index contributed by atoms with van der Waals surface area (Å²) in [7, 11) is -3.36. The Morgan fingerprint density at radius 1 is 1.09 bits per heavy atom. The first-order valence-corrected chi connectivity index (χ1v) is 9.90. The number of benzene rings is 1. The largest absolute Gasteiger partial charge is 0.377 e. The standard InChI is InChI=1S/C17H26N2O3S/c1-15-5-7-17(8-6-15)23(20,21)19-11-9-18(10-12-19)14-16-4-2-3-13-22-16/h5-8,16H,2-4,9-14H2,1H3/t16-/m1/s1. The lowest BCUT2D eigenvalue weighted by atomic mass is 10.1. The van der Waals surface area contributed by atoms with Crippen LogP contribution in [0.1, 0.15) is 24.8 Å². The Bertz CT molecular complexity index is 601. The van der Waals surface area contributed by atoms with Gasteiger partial charge < -0.3 is 4.74 Å². The number of piperazine rings is 1. The summed E-state index contributed by atoms with van der Waals surface area (Å²) in [6, 6.07) is 7.10. The minimum absolute atomic E-state index is 0.323. The molecule has 0 saturated carbocycles. The number of ether oxygens (including phenoxy) is 1. The van der Waals surface area contributed by atoms with Gasteiger partial charge in [0.1, 0.15) is 0 Å². The summed E-state index contributed by atoms with van der Waals surface area (Å²) in [6.45, 7) is 6.44. The maximum atomic E-state index is 12.7. The van der Waals surface area contributed by atoms with Gasteiger partial charge in [0.15, 0.2) is 0 Å². The smallest absolute Gasteiger partial charge is 0.243 e. The van der Waals surface area contributed by atoms with E-state index in [1.54, 1.807) is 16.4 Å². The molecule has 2 aliphatic heterocycles. The van der Waals surface area contributed by atoms with Crippen molar-refractivity contribution in [1.82, 2.24) is 9.21 Å². The molecule has 1 aromatic rings. The normalized spacial score (nSPS) is 24.7. The highest BCUT2D eigenvalue weighted by molar-refractivity contribution is 7.89. The third kappa shape index (κ3) is 4.12. The van der Waals surface area contributed by atoms with Crippen LogP contribution in [-0.4, -0.2) is 63.1 Å². The van der Waals surface area contributed by atoms with Crippen LogP contribution in [0.4, 0.5) is 0 Å². The molecule has 1 atom stereocenters. The van der Waals surface area contributed by atoms with Gasteiger partial charge in [-0.15, -0.1) is 0 Å². The number of rotatable bonds is 4. The van der Waals surface area contributed by atoms with Gasteiger partial charge in [-0.25, -0.2) is 8.42 Å². The predicted molar refractivity (Wildman–Crippen MR) is 90.0 cm³/mol. The molecule has 2 saturated heterocycles. The molecule has 5 nitrogen and oxygen atoms in total. The number of aryl methyl sites for hydroxylation is 1. The zero-order valence-corrected chi connectivity index (χ0v) is 14.6. The van der Waals surface area contributed by atoms with E-state index in [2.05, 4.69) is 4.90 Å². The first-order chi connectivity index (χ1) is 11.1. The maximum absolute atomic E-state index is 12.7. The zero-order chi connectivity index (χ0) is 16.3. The maximum Gasteiger partial charge on any atom is 0.243 e. The molecule has 0 amide bonds. The summed E-state index contributed by atoms with van der Waals surface area (Å²) < 4.78 is 32.7. The van der Waals surface area contributed by atoms with Crippen LogP contribution < -0.4 is 0 Å². The summed E-state index contributed by atoms with van der Waals surface area (Å²) in [5, 5.41) is 0. The molecule has 1 aromatic carbocycles. The van der Waals surface area contributed by atoms with Gasteiger partial charge in [0, 0.05) is 39.3 Å². The lowest BCUT2D eigenvalue weighted by molar-refractivity contribution is -0.0103. The van der Waals surface area contributed by atoms with E-state index >= 15 is 0 Å². The third-order valence-electron chi connectivity index (χ3n) is 4.73. The van der Waals surface area contributed by atoms with Crippen LogP contribution in [0.15, 0.2) is 29.2 Å². The molecule has 128 valence electrons. The molecule has 0 spiro atoms. The topological polar surface area (TPSA) is 49.9 Å². The van der Waals surface area contributed by atoms with Gasteiger partial charge in [0.05, 0.1) is 11.0 Å². The first-order valence-electron chi connectivity index (χ1n) is 8.46. The van der Waals surface area contributed by atoms with Crippen LogP contribution in [0.3, 0.4) is 0 Å². The van der Waals surface area contributed by atoms with Gasteiger partial charge in [0.25, 0.3) is 0 Å². The summed E-state index contributed by atoms with van der Waals surface area (Å²) in [6.07, 6.45) is 3.86. The Labute approximate surface area is 139 Å². The average molecular weight is 338 g/mol. The second-order valence-electron chi connectivity index (χ2n) is 6.51. The van der Waals surface area contributed by atoms with Crippen LogP contribution in [0, 0.1) is 6.92 Å². The van der Waals surface area contributed by atoms with Crippen LogP contribution in [-0.2, 0) is 14.8 Å². The van der Waals surface area contributed by atoms with Crippen LogP contribution in [0.25, 0.3) is 0 Å². The van der Waals surface area contributed by atoms with E-state index in [-0.39, 0.29) is 0 Å². The first kappa shape index (κ1) is 16.9. The van der Waals surface area contributed by atoms with Crippen molar-refractivity contribution in [2.45, 2.75) is 37.2 Å². The molecular weight excluding hydrogens is 312 g/mol. The van der Waals surface area contributed by atoms with Gasteiger partial charge in [-0.2, -0.15) is 4.31 Å². The van der Waals surface area contributed by atoms with E-state index in [1.165, 1.54) is 12.8 Å². The molecule has 3 rings (SSSR count). The molecule has 0 N–H and O–H groups in total. The molecular formula is C17H26N2O3S. The molecule has 0 radical (unpaired) electrons. The fourth-order valence-electron chi connectivity index (χ4n) is 3.25. The second-order valence-corrected chi connectivity index (χ2v) is 8.44. The zero-order valence-electron chi connectivity index (χ0n) is 13.8. The molecule has 6 heteroatoms. The number of nitrogens with zero attached hydrogens (tertiary/aromatic N) is 2. The Hall–Kier alpha value is -0.950. The van der Waals surface area contributed by atoms with E-state index in [1.807, 2.05) is 19.1 Å². The van der Waals surface area contributed by atoms with E-state index in [4.69, 9.17) is 4.74 Å². The van der Waals surface area contributed by atoms with E-state index in [0.29, 0.717) is 24.1 Å². The van der Waals surface area contributed by atoms with Gasteiger partial charge in [-0.1, -0.05) is 17.7 Å². The minimum Gasteiger partial charge on any atom is -0.377 e. The lowest BCUT2D eigenvalue weighted by Crippen LogP contribution is -2.50. The van der Waals surface area contributed by atoms with Crippen LogP contribution in [0.2, 0.25) is 0 Å². The van der Waals surface area contributed by atoms with Crippen molar-refractivity contribution in [3.63, 3.8) is 0 Å². The van der Waals surface area contributed by atoms with Crippen molar-refractivity contribution in [1.29, 1.82) is 0 Å². The number of sulfonamides is 1.